The van der Waals surface area contributed by atoms with Gasteiger partial charge in [0.2, 0.25) is 0 Å². The van der Waals surface area contributed by atoms with Crippen molar-refractivity contribution in [3.63, 3.8) is 0 Å². The molecule has 0 bridgehead atoms. The molecule has 1 rings (SSSR count). The first-order valence-corrected chi connectivity index (χ1v) is 3.29. The quantitative estimate of drug-likeness (QED) is 0.468. The summed E-state index contributed by atoms with van der Waals surface area (Å²) in [5.74, 6) is -1.54. The molecule has 64 valence electrons. The monoisotopic (exact) mass is 190 g/mol. The molecule has 0 aromatic heterocycles. The molecule has 4 nitrogen and oxygen atoms in total. The third-order valence-corrected chi connectivity index (χ3v) is 1.43. The van der Waals surface area contributed by atoms with Gasteiger partial charge in [-0.15, -0.1) is 0 Å². The molecular formula is C8H7NaO4. The van der Waals surface area contributed by atoms with Gasteiger partial charge in [0.05, 0.1) is 5.97 Å². The molecule has 1 unspecified atom stereocenters. The predicted octanol–water partition coefficient (Wildman–Crippen LogP) is -3.82. The molecule has 13 heavy (non-hydrogen) atoms. The van der Waals surface area contributed by atoms with Crippen LogP contribution < -0.4 is 34.7 Å². The number of benzene rings is 1. The topological polar surface area (TPSA) is 80.6 Å². The van der Waals surface area contributed by atoms with E-state index >= 15 is 0 Å². The van der Waals surface area contributed by atoms with E-state index in [2.05, 4.69) is 0 Å². The van der Waals surface area contributed by atoms with Crippen molar-refractivity contribution in [2.75, 3.05) is 0 Å². The van der Waals surface area contributed by atoms with Gasteiger partial charge < -0.3 is 20.1 Å². The Kier molecular flexibility index (Phi) is 5.02. The minimum atomic E-state index is -1.63. The van der Waals surface area contributed by atoms with Crippen LogP contribution in [0.5, 0.6) is 5.75 Å². The van der Waals surface area contributed by atoms with E-state index in [-0.39, 0.29) is 40.9 Å². The number of aliphatic hydroxyl groups excluding tert-OH is 1. The molecule has 1 aromatic rings. The van der Waals surface area contributed by atoms with Crippen molar-refractivity contribution in [1.82, 2.24) is 0 Å². The zero-order chi connectivity index (χ0) is 9.14. The summed E-state index contributed by atoms with van der Waals surface area (Å²) in [6.45, 7) is 0. The van der Waals surface area contributed by atoms with E-state index in [1.165, 1.54) is 24.3 Å². The molecule has 0 amide bonds. The van der Waals surface area contributed by atoms with Crippen LogP contribution in [0.4, 0.5) is 0 Å². The maximum absolute atomic E-state index is 10.2. The Morgan fingerprint density at radius 2 is 1.77 bits per heavy atom. The number of carbonyl (C=O) groups excluding carboxylic acids is 1. The molecule has 0 heterocycles. The van der Waals surface area contributed by atoms with Gasteiger partial charge in [-0.3, -0.25) is 0 Å². The van der Waals surface area contributed by atoms with Crippen LogP contribution in [0.3, 0.4) is 0 Å². The molecule has 2 N–H and O–H groups in total. The Bertz CT molecular complexity index is 283. The van der Waals surface area contributed by atoms with Crippen molar-refractivity contribution >= 4 is 5.97 Å². The molecule has 0 spiro atoms. The summed E-state index contributed by atoms with van der Waals surface area (Å²) in [6.07, 6.45) is -1.63. The maximum Gasteiger partial charge on any atom is 1.00 e. The van der Waals surface area contributed by atoms with Gasteiger partial charge in [0.15, 0.2) is 0 Å². The van der Waals surface area contributed by atoms with E-state index in [1.54, 1.807) is 0 Å². The fourth-order valence-corrected chi connectivity index (χ4v) is 0.793. The van der Waals surface area contributed by atoms with Gasteiger partial charge in [-0.2, -0.15) is 0 Å². The van der Waals surface area contributed by atoms with Gasteiger partial charge in [0.1, 0.15) is 11.9 Å². The zero-order valence-corrected chi connectivity index (χ0v) is 9.10. The Morgan fingerprint density at radius 3 is 2.15 bits per heavy atom. The summed E-state index contributed by atoms with van der Waals surface area (Å²) in [4.78, 5) is 10.2. The number of hydrogen-bond donors (Lipinski definition) is 2. The zero-order valence-electron chi connectivity index (χ0n) is 7.10. The van der Waals surface area contributed by atoms with Gasteiger partial charge in [-0.25, -0.2) is 0 Å². The third-order valence-electron chi connectivity index (χ3n) is 1.43. The molecular weight excluding hydrogens is 183 g/mol. The first-order valence-electron chi connectivity index (χ1n) is 3.29. The molecule has 0 aliphatic carbocycles. The van der Waals surface area contributed by atoms with Crippen LogP contribution in [-0.4, -0.2) is 16.2 Å². The predicted molar refractivity (Wildman–Crippen MR) is 38.1 cm³/mol. The number of hydrogen-bond acceptors (Lipinski definition) is 4. The SMILES string of the molecule is O=C([O-])C(O)c1ccc(O)cc1.[Na+]. The van der Waals surface area contributed by atoms with Crippen LogP contribution in [0.15, 0.2) is 24.3 Å². The Morgan fingerprint density at radius 1 is 1.31 bits per heavy atom. The Balaban J connectivity index is 0.00000144. The van der Waals surface area contributed by atoms with Crippen LogP contribution in [0.25, 0.3) is 0 Å². The molecule has 1 aromatic carbocycles. The van der Waals surface area contributed by atoms with Crippen molar-refractivity contribution < 1.29 is 49.7 Å². The minimum absolute atomic E-state index is 0. The second-order valence-corrected chi connectivity index (χ2v) is 2.31. The van der Waals surface area contributed by atoms with Gasteiger partial charge in [-0.05, 0) is 17.7 Å². The number of carbonyl (C=O) groups is 1. The van der Waals surface area contributed by atoms with E-state index < -0.39 is 12.1 Å². The Labute approximate surface area is 97.1 Å². The van der Waals surface area contributed by atoms with Crippen LogP contribution in [0.2, 0.25) is 0 Å². The van der Waals surface area contributed by atoms with Gasteiger partial charge in [-0.1, -0.05) is 12.1 Å². The fourth-order valence-electron chi connectivity index (χ4n) is 0.793. The molecule has 5 heteroatoms. The minimum Gasteiger partial charge on any atom is -0.547 e. The first-order chi connectivity index (χ1) is 5.61. The first kappa shape index (κ1) is 12.4. The molecule has 1 atom stereocenters. The number of phenols is 1. The number of phenolic OH excluding ortho intramolecular Hbond substituents is 1. The summed E-state index contributed by atoms with van der Waals surface area (Å²) in [5, 5.41) is 27.9. The van der Waals surface area contributed by atoms with Gasteiger partial charge >= 0.3 is 29.6 Å². The average molecular weight is 190 g/mol. The van der Waals surface area contributed by atoms with E-state index in [1.807, 2.05) is 0 Å². The van der Waals surface area contributed by atoms with Crippen LogP contribution in [0.1, 0.15) is 11.7 Å². The maximum atomic E-state index is 10.2. The van der Waals surface area contributed by atoms with Crippen LogP contribution in [-0.2, 0) is 4.79 Å². The molecule has 0 fully saturated rings. The third kappa shape index (κ3) is 3.36. The van der Waals surface area contributed by atoms with E-state index in [4.69, 9.17) is 10.2 Å². The summed E-state index contributed by atoms with van der Waals surface area (Å²) >= 11 is 0. The van der Waals surface area contributed by atoms with Crippen molar-refractivity contribution in [2.45, 2.75) is 6.10 Å². The van der Waals surface area contributed by atoms with E-state index in [0.717, 1.165) is 0 Å². The fraction of sp³-hybridized carbons (Fsp3) is 0.125. The van der Waals surface area contributed by atoms with Crippen LogP contribution in [0, 0.1) is 0 Å². The second-order valence-electron chi connectivity index (χ2n) is 2.31. The molecule has 0 radical (unpaired) electrons. The van der Waals surface area contributed by atoms with Gasteiger partial charge in [0.25, 0.3) is 0 Å². The van der Waals surface area contributed by atoms with Crippen LogP contribution >= 0.6 is 0 Å². The number of aromatic hydroxyl groups is 1. The van der Waals surface area contributed by atoms with Gasteiger partial charge in [0, 0.05) is 0 Å². The summed E-state index contributed by atoms with van der Waals surface area (Å²) in [5.41, 5.74) is 0.188. The summed E-state index contributed by atoms with van der Waals surface area (Å²) < 4.78 is 0. The summed E-state index contributed by atoms with van der Waals surface area (Å²) in [6, 6.07) is 5.22. The standard InChI is InChI=1S/C8H8O4.Na/c9-6-3-1-5(2-4-6)7(10)8(11)12;/h1-4,7,9-10H,(H,11,12);/q;+1/p-1. The summed E-state index contributed by atoms with van der Waals surface area (Å²) in [7, 11) is 0. The second kappa shape index (κ2) is 5.24. The average Bonchev–Trinajstić information content (AvgIpc) is 2.04. The van der Waals surface area contributed by atoms with E-state index in [9.17, 15) is 9.90 Å². The number of carboxylic acid groups (broad SMARTS) is 1. The number of rotatable bonds is 2. The Hall–Kier alpha value is -0.550. The molecule has 0 saturated carbocycles. The number of aliphatic hydroxyl groups is 1. The largest absolute Gasteiger partial charge is 1.00 e. The molecule has 0 aliphatic rings. The smallest absolute Gasteiger partial charge is 0.547 e. The van der Waals surface area contributed by atoms with Crippen molar-refractivity contribution in [3.8, 4) is 5.75 Å². The molecule has 0 saturated heterocycles. The molecule has 0 aliphatic heterocycles. The number of aliphatic carboxylic acids is 1. The normalized spacial score (nSPS) is 11.5. The van der Waals surface area contributed by atoms with Crippen molar-refractivity contribution in [2.24, 2.45) is 0 Å². The van der Waals surface area contributed by atoms with Crippen molar-refractivity contribution in [1.29, 1.82) is 0 Å². The van der Waals surface area contributed by atoms with E-state index in [0.29, 0.717) is 0 Å². The van der Waals surface area contributed by atoms with Crippen molar-refractivity contribution in [3.05, 3.63) is 29.8 Å². The number of carboxylic acids is 1.